The van der Waals surface area contributed by atoms with Gasteiger partial charge in [-0.1, -0.05) is 24.3 Å². The Kier molecular flexibility index (Phi) is 5.61. The highest BCUT2D eigenvalue weighted by molar-refractivity contribution is 6.05. The standard InChI is InChI=1S/C25H22F3N3O4/c26-25(27,28)16-4-2-14(3-5-16)18-10-19(18)22(33)29-11-13-1-6-17-15(9-13)12-31(24(17)35)20-7-8-21(32)30-23(20)34/h1-6,9,18-20H,7-8,10-12H2,(H,29,33)(H,30,32,34). The molecular formula is C25H22F3N3O4. The van der Waals surface area contributed by atoms with Crippen LogP contribution in [-0.4, -0.2) is 34.6 Å². The minimum atomic E-state index is -4.39. The van der Waals surface area contributed by atoms with Crippen LogP contribution in [0.25, 0.3) is 0 Å². The van der Waals surface area contributed by atoms with Crippen LogP contribution in [0.3, 0.4) is 0 Å². The lowest BCUT2D eigenvalue weighted by Crippen LogP contribution is -2.52. The molecule has 10 heteroatoms. The third-order valence-corrected chi connectivity index (χ3v) is 6.85. The van der Waals surface area contributed by atoms with Crippen molar-refractivity contribution in [3.63, 3.8) is 0 Å². The Morgan fingerprint density at radius 2 is 1.83 bits per heavy atom. The van der Waals surface area contributed by atoms with E-state index < -0.39 is 23.7 Å². The number of halogens is 3. The number of amides is 4. The number of hydrogen-bond acceptors (Lipinski definition) is 4. The Morgan fingerprint density at radius 1 is 1.09 bits per heavy atom. The van der Waals surface area contributed by atoms with E-state index in [1.165, 1.54) is 17.0 Å². The average molecular weight is 485 g/mol. The minimum absolute atomic E-state index is 0.1000. The molecule has 7 nitrogen and oxygen atoms in total. The summed E-state index contributed by atoms with van der Waals surface area (Å²) in [6.07, 6.45) is -3.34. The zero-order valence-corrected chi connectivity index (χ0v) is 18.5. The van der Waals surface area contributed by atoms with Crippen LogP contribution in [0.5, 0.6) is 0 Å². The fourth-order valence-electron chi connectivity index (χ4n) is 4.83. The number of carbonyl (C=O) groups is 4. The number of alkyl halides is 3. The van der Waals surface area contributed by atoms with Crippen molar-refractivity contribution in [2.75, 3.05) is 0 Å². The van der Waals surface area contributed by atoms with Gasteiger partial charge in [0.25, 0.3) is 5.91 Å². The Bertz CT molecular complexity index is 1230. The van der Waals surface area contributed by atoms with Crippen LogP contribution in [-0.2, 0) is 33.6 Å². The molecule has 2 heterocycles. The highest BCUT2D eigenvalue weighted by atomic mass is 19.4. The summed E-state index contributed by atoms with van der Waals surface area (Å²) in [4.78, 5) is 50.4. The molecule has 2 fully saturated rings. The molecule has 0 bridgehead atoms. The molecule has 2 aliphatic heterocycles. The van der Waals surface area contributed by atoms with Gasteiger partial charge in [-0.25, -0.2) is 0 Å². The number of benzene rings is 2. The van der Waals surface area contributed by atoms with Crippen molar-refractivity contribution in [1.82, 2.24) is 15.5 Å². The van der Waals surface area contributed by atoms with E-state index in [1.807, 2.05) is 6.07 Å². The zero-order valence-electron chi connectivity index (χ0n) is 18.5. The van der Waals surface area contributed by atoms with Gasteiger partial charge in [-0.15, -0.1) is 0 Å². The quantitative estimate of drug-likeness (QED) is 0.637. The van der Waals surface area contributed by atoms with Gasteiger partial charge in [-0.3, -0.25) is 24.5 Å². The van der Waals surface area contributed by atoms with Crippen molar-refractivity contribution >= 4 is 23.6 Å². The van der Waals surface area contributed by atoms with Crippen molar-refractivity contribution in [2.24, 2.45) is 5.92 Å². The fourth-order valence-corrected chi connectivity index (χ4v) is 4.83. The summed E-state index contributed by atoms with van der Waals surface area (Å²) in [6, 6.07) is 9.46. The van der Waals surface area contributed by atoms with Crippen LogP contribution in [0, 0.1) is 5.92 Å². The molecule has 0 aromatic heterocycles. The normalized spacial score (nSPS) is 23.7. The van der Waals surface area contributed by atoms with Crippen LogP contribution in [0.4, 0.5) is 13.2 Å². The number of nitrogens with zero attached hydrogens (tertiary/aromatic N) is 1. The molecule has 2 aromatic carbocycles. The molecule has 5 rings (SSSR count). The van der Waals surface area contributed by atoms with E-state index in [0.717, 1.165) is 23.3 Å². The SMILES string of the molecule is O=C1CCC(N2Cc3cc(CNC(=O)C4CC4c4ccc(C(F)(F)F)cc4)ccc3C2=O)C(=O)N1. The molecular weight excluding hydrogens is 463 g/mol. The molecule has 4 amide bonds. The summed E-state index contributed by atoms with van der Waals surface area (Å²) in [7, 11) is 0. The van der Waals surface area contributed by atoms with Crippen LogP contribution < -0.4 is 10.6 Å². The number of fused-ring (bicyclic) bond motifs is 1. The molecule has 3 unspecified atom stereocenters. The lowest BCUT2D eigenvalue weighted by molar-refractivity contribution is -0.138. The first-order valence-corrected chi connectivity index (χ1v) is 11.3. The van der Waals surface area contributed by atoms with Crippen molar-refractivity contribution in [1.29, 1.82) is 0 Å². The van der Waals surface area contributed by atoms with E-state index in [0.29, 0.717) is 17.5 Å². The van der Waals surface area contributed by atoms with E-state index in [2.05, 4.69) is 10.6 Å². The van der Waals surface area contributed by atoms with Gasteiger partial charge in [0, 0.05) is 31.0 Å². The minimum Gasteiger partial charge on any atom is -0.352 e. The number of piperidine rings is 1. The summed E-state index contributed by atoms with van der Waals surface area (Å²) in [5.74, 6) is -1.63. The Morgan fingerprint density at radius 3 is 2.51 bits per heavy atom. The Balaban J connectivity index is 1.17. The second-order valence-corrected chi connectivity index (χ2v) is 9.18. The zero-order chi connectivity index (χ0) is 24.9. The van der Waals surface area contributed by atoms with Crippen LogP contribution >= 0.6 is 0 Å². The summed E-state index contributed by atoms with van der Waals surface area (Å²) in [5.41, 5.74) is 2.04. The van der Waals surface area contributed by atoms with Crippen molar-refractivity contribution in [2.45, 2.75) is 50.5 Å². The Hall–Kier alpha value is -3.69. The predicted octanol–water partition coefficient (Wildman–Crippen LogP) is 2.89. The first kappa shape index (κ1) is 23.1. The van der Waals surface area contributed by atoms with E-state index >= 15 is 0 Å². The lowest BCUT2D eigenvalue weighted by atomic mass is 10.0. The molecule has 2 N–H and O–H groups in total. The average Bonchev–Trinajstić information content (AvgIpc) is 3.55. The molecule has 35 heavy (non-hydrogen) atoms. The molecule has 3 atom stereocenters. The van der Waals surface area contributed by atoms with Crippen molar-refractivity contribution < 1.29 is 32.3 Å². The third kappa shape index (κ3) is 4.52. The first-order chi connectivity index (χ1) is 16.6. The van der Waals surface area contributed by atoms with Crippen LogP contribution in [0.15, 0.2) is 42.5 Å². The smallest absolute Gasteiger partial charge is 0.352 e. The van der Waals surface area contributed by atoms with E-state index in [4.69, 9.17) is 0 Å². The topological polar surface area (TPSA) is 95.6 Å². The maximum atomic E-state index is 12.8. The first-order valence-electron chi connectivity index (χ1n) is 11.3. The van der Waals surface area contributed by atoms with Gasteiger partial charge < -0.3 is 10.2 Å². The molecule has 1 aliphatic carbocycles. The second-order valence-electron chi connectivity index (χ2n) is 9.18. The summed E-state index contributed by atoms with van der Waals surface area (Å²) in [5, 5.41) is 5.14. The lowest BCUT2D eigenvalue weighted by Gasteiger charge is -2.29. The molecule has 3 aliphatic rings. The highest BCUT2D eigenvalue weighted by Gasteiger charge is 2.44. The summed E-state index contributed by atoms with van der Waals surface area (Å²) in [6.45, 7) is 0.496. The molecule has 1 saturated carbocycles. The third-order valence-electron chi connectivity index (χ3n) is 6.85. The van der Waals surface area contributed by atoms with E-state index in [1.54, 1.807) is 12.1 Å². The van der Waals surface area contributed by atoms with Gasteiger partial charge in [0.15, 0.2) is 0 Å². The second kappa shape index (κ2) is 8.51. The number of nitrogens with one attached hydrogen (secondary N) is 2. The largest absolute Gasteiger partial charge is 0.416 e. The molecule has 1 saturated heterocycles. The van der Waals surface area contributed by atoms with Gasteiger partial charge >= 0.3 is 6.18 Å². The molecule has 0 radical (unpaired) electrons. The molecule has 182 valence electrons. The van der Waals surface area contributed by atoms with Gasteiger partial charge in [0.2, 0.25) is 17.7 Å². The number of hydrogen-bond donors (Lipinski definition) is 2. The highest BCUT2D eigenvalue weighted by Crippen LogP contribution is 2.48. The maximum absolute atomic E-state index is 12.8. The fraction of sp³-hybridized carbons (Fsp3) is 0.360. The van der Waals surface area contributed by atoms with E-state index in [-0.39, 0.29) is 55.5 Å². The van der Waals surface area contributed by atoms with Crippen LogP contribution in [0.2, 0.25) is 0 Å². The van der Waals surface area contributed by atoms with Gasteiger partial charge in [0.1, 0.15) is 6.04 Å². The van der Waals surface area contributed by atoms with E-state index in [9.17, 15) is 32.3 Å². The number of rotatable bonds is 5. The van der Waals surface area contributed by atoms with Crippen LogP contribution in [0.1, 0.15) is 57.8 Å². The summed E-state index contributed by atoms with van der Waals surface area (Å²) >= 11 is 0. The van der Waals surface area contributed by atoms with Crippen molar-refractivity contribution in [3.05, 3.63) is 70.3 Å². The Labute approximate surface area is 198 Å². The van der Waals surface area contributed by atoms with Gasteiger partial charge in [0.05, 0.1) is 5.56 Å². The number of carbonyl (C=O) groups excluding carboxylic acids is 4. The number of imide groups is 1. The van der Waals surface area contributed by atoms with Crippen molar-refractivity contribution in [3.8, 4) is 0 Å². The van der Waals surface area contributed by atoms with Gasteiger partial charge in [-0.2, -0.15) is 13.2 Å². The predicted molar refractivity (Wildman–Crippen MR) is 117 cm³/mol. The molecule has 2 aromatic rings. The maximum Gasteiger partial charge on any atom is 0.416 e. The van der Waals surface area contributed by atoms with Gasteiger partial charge in [-0.05, 0) is 53.6 Å². The molecule has 0 spiro atoms. The monoisotopic (exact) mass is 485 g/mol. The summed E-state index contributed by atoms with van der Waals surface area (Å²) < 4.78 is 38.2.